The average Bonchev–Trinajstić information content (AvgIpc) is 1.74. The van der Waals surface area contributed by atoms with Crippen LogP contribution in [0.2, 0.25) is 0 Å². The molecule has 0 fully saturated rings. The summed E-state index contributed by atoms with van der Waals surface area (Å²) in [7, 11) is 0. The van der Waals surface area contributed by atoms with Crippen LogP contribution in [-0.4, -0.2) is 112 Å². The van der Waals surface area contributed by atoms with Gasteiger partial charge in [0.1, 0.15) is 0 Å². The third kappa shape index (κ3) is 16.9. The Hall–Kier alpha value is -13.3. The number of rotatable bonds is 28. The minimum Gasteiger partial charge on any atom is -0.343 e. The Morgan fingerprint density at radius 2 is 0.360 bits per heavy atom. The molecule has 12 N–H and O–H groups in total. The fourth-order valence-electron chi connectivity index (χ4n) is 7.71. The maximum absolute atomic E-state index is 5.53. The van der Waals surface area contributed by atoms with Gasteiger partial charge in [-0.1, -0.05) is 95.9 Å². The average molecular weight is 1130 g/mol. The summed E-state index contributed by atoms with van der Waals surface area (Å²) in [6, 6.07) is 31.2. The lowest BCUT2D eigenvalue weighted by Crippen LogP contribution is -2.11. The molecule has 4 heterocycles. The third-order valence-electron chi connectivity index (χ3n) is 11.3. The Morgan fingerprint density at radius 1 is 0.221 bits per heavy atom. The van der Waals surface area contributed by atoms with Gasteiger partial charge in [-0.2, -0.15) is 59.8 Å². The molecule has 8 rings (SSSR count). The van der Waals surface area contributed by atoms with Gasteiger partial charge in [0, 0.05) is 22.7 Å². The fraction of sp³-hybridized carbons (Fsp3) is 0.129. The van der Waals surface area contributed by atoms with Gasteiger partial charge in [0.05, 0.1) is 52.4 Å². The van der Waals surface area contributed by atoms with Crippen LogP contribution in [0.3, 0.4) is 0 Å². The lowest BCUT2D eigenvalue weighted by Gasteiger charge is -2.20. The minimum atomic E-state index is 0.184. The Morgan fingerprint density at radius 3 is 0.500 bits per heavy atom. The molecule has 0 saturated carbocycles. The molecule has 0 aliphatic carbocycles. The number of hydrogen-bond acceptors (Lipinski definition) is 24. The molecule has 0 radical (unpaired) electrons. The van der Waals surface area contributed by atoms with E-state index in [2.05, 4.69) is 171 Å². The van der Waals surface area contributed by atoms with E-state index in [0.717, 1.165) is 33.4 Å². The first kappa shape index (κ1) is 58.9. The molecule has 24 nitrogen and oxygen atoms in total. The van der Waals surface area contributed by atoms with E-state index in [9.17, 15) is 0 Å². The van der Waals surface area contributed by atoms with Gasteiger partial charge in [-0.3, -0.25) is 0 Å². The molecule has 0 atom stereocenters. The van der Waals surface area contributed by atoms with Gasteiger partial charge in [0.2, 0.25) is 71.4 Å². The highest BCUT2D eigenvalue weighted by Crippen LogP contribution is 2.39. The zero-order valence-electron chi connectivity index (χ0n) is 45.9. The zero-order chi connectivity index (χ0) is 60.3. The minimum absolute atomic E-state index is 0.184. The number of nitrogens with zero attached hydrogens (tertiary/aromatic N) is 12. The second-order valence-corrected chi connectivity index (χ2v) is 17.2. The first-order valence-corrected chi connectivity index (χ1v) is 25.9. The van der Waals surface area contributed by atoms with Crippen LogP contribution in [0.1, 0.15) is 22.3 Å². The first-order chi connectivity index (χ1) is 42.2. The summed E-state index contributed by atoms with van der Waals surface area (Å²) in [5.74, 6) is 23.2. The molecule has 4 aromatic carbocycles. The van der Waals surface area contributed by atoms with E-state index in [4.69, 9.17) is 51.4 Å². The molecule has 420 valence electrons. The first-order valence-electron chi connectivity index (χ1n) is 25.9. The number of nitrogens with one attached hydrogen (secondary N) is 12. The van der Waals surface area contributed by atoms with Crippen molar-refractivity contribution >= 4 is 105 Å². The largest absolute Gasteiger partial charge is 0.343 e. The van der Waals surface area contributed by atoms with E-state index in [1.807, 2.05) is 97.1 Å². The fourth-order valence-corrected chi connectivity index (χ4v) is 7.71. The second-order valence-electron chi connectivity index (χ2n) is 17.2. The SMILES string of the molecule is C#CCNc1nc(NCC#C)nc(Nc2ccc(C(=C(c3ccc(Nc4nc(NCC#C)nc(NCC#C)n4)cc3)c3ccc(Nc4nc(NCC#C)nc(NCC#C)n4)cc3)c3ccc(Nc4nc(NCC#C)nc(NCC#C)n4)cc3)cc2)n1. The van der Waals surface area contributed by atoms with Crippen LogP contribution in [0.25, 0.3) is 11.1 Å². The summed E-state index contributed by atoms with van der Waals surface area (Å²) in [5.41, 5.74) is 7.54. The predicted octanol–water partition coefficient (Wildman–Crippen LogP) is 6.77. The van der Waals surface area contributed by atoms with Gasteiger partial charge in [-0.15, -0.1) is 51.4 Å². The Balaban J connectivity index is 1.26. The van der Waals surface area contributed by atoms with Crippen LogP contribution in [0.4, 0.5) is 94.1 Å². The van der Waals surface area contributed by atoms with Gasteiger partial charge in [0.25, 0.3) is 0 Å². The van der Waals surface area contributed by atoms with Gasteiger partial charge in [0.15, 0.2) is 0 Å². The number of anilines is 16. The molecule has 0 aliphatic rings. The third-order valence-corrected chi connectivity index (χ3v) is 11.3. The Labute approximate surface area is 497 Å². The second kappa shape index (κ2) is 30.4. The van der Waals surface area contributed by atoms with Gasteiger partial charge in [-0.25, -0.2) is 0 Å². The summed E-state index contributed by atoms with van der Waals surface area (Å²) < 4.78 is 0. The summed E-state index contributed by atoms with van der Waals surface area (Å²) in [6.07, 6.45) is 44.2. The molecule has 0 amide bonds. The van der Waals surface area contributed by atoms with Gasteiger partial charge in [-0.05, 0) is 81.9 Å². The quantitative estimate of drug-likeness (QED) is 0.0178. The number of aromatic nitrogens is 12. The van der Waals surface area contributed by atoms with Crippen LogP contribution in [-0.2, 0) is 0 Å². The molecule has 0 saturated heterocycles. The van der Waals surface area contributed by atoms with Crippen LogP contribution in [0, 0.1) is 98.8 Å². The molecular formula is C62H52N24. The lowest BCUT2D eigenvalue weighted by atomic mass is 9.85. The van der Waals surface area contributed by atoms with Crippen molar-refractivity contribution in [2.45, 2.75) is 0 Å². The highest BCUT2D eigenvalue weighted by molar-refractivity contribution is 6.05. The van der Waals surface area contributed by atoms with Crippen LogP contribution in [0.5, 0.6) is 0 Å². The molecule has 0 aliphatic heterocycles. The van der Waals surface area contributed by atoms with Crippen molar-refractivity contribution in [2.75, 3.05) is 116 Å². The van der Waals surface area contributed by atoms with E-state index in [0.29, 0.717) is 22.7 Å². The lowest BCUT2D eigenvalue weighted by molar-refractivity contribution is 1.03. The van der Waals surface area contributed by atoms with Gasteiger partial charge < -0.3 is 63.8 Å². The van der Waals surface area contributed by atoms with Crippen LogP contribution >= 0.6 is 0 Å². The molecule has 0 unspecified atom stereocenters. The van der Waals surface area contributed by atoms with E-state index < -0.39 is 0 Å². The molecular weight excluding hydrogens is 1080 g/mol. The highest BCUT2D eigenvalue weighted by Gasteiger charge is 2.19. The monoisotopic (exact) mass is 1130 g/mol. The van der Waals surface area contributed by atoms with Crippen molar-refractivity contribution < 1.29 is 0 Å². The summed E-state index contributed by atoms with van der Waals surface area (Å²) in [4.78, 5) is 53.8. The number of benzene rings is 4. The zero-order valence-corrected chi connectivity index (χ0v) is 45.9. The topological polar surface area (TPSA) is 299 Å². The van der Waals surface area contributed by atoms with Crippen molar-refractivity contribution in [3.63, 3.8) is 0 Å². The molecule has 8 aromatic rings. The molecule has 86 heavy (non-hydrogen) atoms. The predicted molar refractivity (Wildman–Crippen MR) is 342 cm³/mol. The van der Waals surface area contributed by atoms with Crippen molar-refractivity contribution in [1.82, 2.24) is 59.8 Å². The summed E-state index contributed by atoms with van der Waals surface area (Å²) >= 11 is 0. The van der Waals surface area contributed by atoms with E-state index in [-0.39, 0.29) is 124 Å². The number of hydrogen-bond donors (Lipinski definition) is 12. The van der Waals surface area contributed by atoms with E-state index in [1.165, 1.54) is 0 Å². The standard InChI is InChI=1S/C62H52N24/c1-9-33-63-51-75-52(64-34-10-2)80-59(79-51)71-45-25-17-41(18-26-45)49(42-19-27-46(28-20-42)72-60-81-53(65-35-11-3)76-54(82-60)66-36-12-4)50(43-21-29-47(30-22-43)73-61-83-55(67-37-13-5)77-56(84-61)68-38-14-6)44-23-31-48(32-24-44)74-62-85-57(69-39-15-7)78-58(86-62)70-40-16-8/h1-8,17-32H,33-40H2,(H3,63,64,71,75,79,80)(H3,65,66,72,76,81,82)(H3,67,68,73,77,83,84)(H3,69,70,74,78,85,86). The molecule has 0 spiro atoms. The maximum atomic E-state index is 5.53. The Kier molecular flexibility index (Phi) is 20.8. The van der Waals surface area contributed by atoms with Crippen molar-refractivity contribution in [2.24, 2.45) is 0 Å². The van der Waals surface area contributed by atoms with Crippen molar-refractivity contribution in [3.8, 4) is 98.8 Å². The molecule has 0 bridgehead atoms. The van der Waals surface area contributed by atoms with E-state index >= 15 is 0 Å². The maximum Gasteiger partial charge on any atom is 0.233 e. The Bertz CT molecular complexity index is 3380. The normalized spacial score (nSPS) is 9.91. The van der Waals surface area contributed by atoms with Crippen molar-refractivity contribution in [3.05, 3.63) is 119 Å². The highest BCUT2D eigenvalue weighted by atomic mass is 15.3. The van der Waals surface area contributed by atoms with E-state index in [1.54, 1.807) is 0 Å². The molecule has 4 aromatic heterocycles. The smallest absolute Gasteiger partial charge is 0.233 e. The van der Waals surface area contributed by atoms with Crippen LogP contribution in [0.15, 0.2) is 97.1 Å². The van der Waals surface area contributed by atoms with Crippen LogP contribution < -0.4 is 63.8 Å². The van der Waals surface area contributed by atoms with Crippen molar-refractivity contribution in [1.29, 1.82) is 0 Å². The summed E-state index contributed by atoms with van der Waals surface area (Å²) in [5, 5.41) is 37.2. The summed E-state index contributed by atoms with van der Waals surface area (Å²) in [6.45, 7) is 1.47. The van der Waals surface area contributed by atoms with Gasteiger partial charge >= 0.3 is 0 Å². The molecule has 24 heteroatoms. The number of terminal acetylenes is 8.